The molecule has 0 heterocycles. The molecule has 2 aliphatic rings. The van der Waals surface area contributed by atoms with Crippen molar-refractivity contribution in [1.82, 2.24) is 0 Å². The minimum atomic E-state index is 0.794. The van der Waals surface area contributed by atoms with Crippen LogP contribution in [0.1, 0.15) is 59.3 Å². The first-order valence-electron chi connectivity index (χ1n) is 6.12. The van der Waals surface area contributed by atoms with E-state index in [-0.39, 0.29) is 0 Å². The lowest BCUT2D eigenvalue weighted by Gasteiger charge is -2.34. The van der Waals surface area contributed by atoms with Crippen LogP contribution in [0, 0.1) is 23.2 Å². The summed E-state index contributed by atoms with van der Waals surface area (Å²) in [6, 6.07) is 0. The van der Waals surface area contributed by atoms with Crippen LogP contribution < -0.4 is 0 Å². The van der Waals surface area contributed by atoms with E-state index in [1.165, 1.54) is 38.5 Å². The fourth-order valence-corrected chi connectivity index (χ4v) is 3.09. The number of hydrogen-bond acceptors (Lipinski definition) is 0. The maximum atomic E-state index is 2.51. The van der Waals surface area contributed by atoms with Gasteiger partial charge in [-0.05, 0) is 61.7 Å². The maximum absolute atomic E-state index is 2.51. The van der Waals surface area contributed by atoms with Gasteiger partial charge in [0.1, 0.15) is 0 Å². The first-order chi connectivity index (χ1) is 6.12. The lowest BCUT2D eigenvalue weighted by Crippen LogP contribution is -2.23. The van der Waals surface area contributed by atoms with Gasteiger partial charge in [-0.25, -0.2) is 0 Å². The molecule has 0 nitrogen and oxygen atoms in total. The van der Waals surface area contributed by atoms with Crippen LogP contribution in [0.2, 0.25) is 0 Å². The average molecular weight is 180 g/mol. The topological polar surface area (TPSA) is 0 Å². The molecule has 0 aromatic heterocycles. The first-order valence-corrected chi connectivity index (χ1v) is 6.12. The Morgan fingerprint density at radius 2 is 1.54 bits per heavy atom. The molecule has 0 radical (unpaired) electrons. The average Bonchev–Trinajstić information content (AvgIpc) is 2.85. The fraction of sp³-hybridized carbons (Fsp3) is 1.00. The molecular weight excluding hydrogens is 156 g/mol. The highest BCUT2D eigenvalue weighted by Crippen LogP contribution is 2.56. The summed E-state index contributed by atoms with van der Waals surface area (Å²) in [6.45, 7) is 7.29. The third-order valence-corrected chi connectivity index (χ3v) is 4.74. The van der Waals surface area contributed by atoms with E-state index in [1.54, 1.807) is 0 Å². The standard InChI is InChI=1S/C13H24/c1-10(2)11-4-6-12(7-5-11)13(3)8-9-13/h10-12H,4-9H2,1-3H3. The highest BCUT2D eigenvalue weighted by molar-refractivity contribution is 4.96. The van der Waals surface area contributed by atoms with Crippen molar-refractivity contribution >= 4 is 0 Å². The summed E-state index contributed by atoms with van der Waals surface area (Å²) in [5.41, 5.74) is 0.794. The highest BCUT2D eigenvalue weighted by atomic mass is 14.5. The zero-order valence-corrected chi connectivity index (χ0v) is 9.47. The molecule has 0 amide bonds. The molecule has 0 atom stereocenters. The van der Waals surface area contributed by atoms with Gasteiger partial charge in [0.25, 0.3) is 0 Å². The Labute approximate surface area is 83.1 Å². The zero-order valence-electron chi connectivity index (χ0n) is 9.47. The van der Waals surface area contributed by atoms with Crippen LogP contribution in [0.15, 0.2) is 0 Å². The minimum absolute atomic E-state index is 0.794. The predicted octanol–water partition coefficient (Wildman–Crippen LogP) is 4.25. The Morgan fingerprint density at radius 3 is 1.92 bits per heavy atom. The van der Waals surface area contributed by atoms with Crippen molar-refractivity contribution in [2.75, 3.05) is 0 Å². The predicted molar refractivity (Wildman–Crippen MR) is 57.6 cm³/mol. The second-order valence-corrected chi connectivity index (χ2v) is 6.01. The number of hydrogen-bond donors (Lipinski definition) is 0. The smallest absolute Gasteiger partial charge is 0.0297 e. The molecule has 2 rings (SSSR count). The molecule has 76 valence electrons. The molecule has 0 aliphatic heterocycles. The van der Waals surface area contributed by atoms with E-state index < -0.39 is 0 Å². The Morgan fingerprint density at radius 1 is 1.00 bits per heavy atom. The molecule has 0 aromatic rings. The van der Waals surface area contributed by atoms with E-state index in [1.807, 2.05) is 0 Å². The van der Waals surface area contributed by atoms with E-state index in [0.29, 0.717) is 0 Å². The third kappa shape index (κ3) is 1.92. The van der Waals surface area contributed by atoms with Crippen LogP contribution >= 0.6 is 0 Å². The monoisotopic (exact) mass is 180 g/mol. The Bertz CT molecular complexity index is 168. The SMILES string of the molecule is CC(C)C1CCC(C2(C)CC2)CC1. The van der Waals surface area contributed by atoms with Crippen molar-refractivity contribution in [1.29, 1.82) is 0 Å². The van der Waals surface area contributed by atoms with E-state index in [9.17, 15) is 0 Å². The molecule has 0 N–H and O–H groups in total. The molecule has 2 aliphatic carbocycles. The van der Waals surface area contributed by atoms with E-state index in [2.05, 4.69) is 20.8 Å². The van der Waals surface area contributed by atoms with Crippen molar-refractivity contribution in [3.63, 3.8) is 0 Å². The van der Waals surface area contributed by atoms with Gasteiger partial charge < -0.3 is 0 Å². The van der Waals surface area contributed by atoms with Crippen molar-refractivity contribution in [2.45, 2.75) is 59.3 Å². The lowest BCUT2D eigenvalue weighted by atomic mass is 9.72. The van der Waals surface area contributed by atoms with Crippen molar-refractivity contribution < 1.29 is 0 Å². The molecule has 0 bridgehead atoms. The Hall–Kier alpha value is 0. The summed E-state index contributed by atoms with van der Waals surface area (Å²) < 4.78 is 0. The van der Waals surface area contributed by atoms with Crippen molar-refractivity contribution in [3.05, 3.63) is 0 Å². The van der Waals surface area contributed by atoms with Gasteiger partial charge in [0.05, 0.1) is 0 Å². The quantitative estimate of drug-likeness (QED) is 0.596. The van der Waals surface area contributed by atoms with Gasteiger partial charge in [0.2, 0.25) is 0 Å². The van der Waals surface area contributed by atoms with Crippen molar-refractivity contribution in [3.8, 4) is 0 Å². The van der Waals surface area contributed by atoms with Crippen LogP contribution in [0.25, 0.3) is 0 Å². The summed E-state index contributed by atoms with van der Waals surface area (Å²) >= 11 is 0. The van der Waals surface area contributed by atoms with Gasteiger partial charge in [0, 0.05) is 0 Å². The molecule has 0 saturated heterocycles. The second kappa shape index (κ2) is 3.29. The van der Waals surface area contributed by atoms with Gasteiger partial charge >= 0.3 is 0 Å². The summed E-state index contributed by atoms with van der Waals surface area (Å²) in [5, 5.41) is 0. The molecule has 2 fully saturated rings. The third-order valence-electron chi connectivity index (χ3n) is 4.74. The van der Waals surface area contributed by atoms with Crippen LogP contribution in [0.3, 0.4) is 0 Å². The summed E-state index contributed by atoms with van der Waals surface area (Å²) in [5.74, 6) is 3.05. The maximum Gasteiger partial charge on any atom is -0.0297 e. The van der Waals surface area contributed by atoms with Crippen LogP contribution in [0.4, 0.5) is 0 Å². The van der Waals surface area contributed by atoms with Crippen molar-refractivity contribution in [2.24, 2.45) is 23.2 Å². The van der Waals surface area contributed by atoms with Gasteiger partial charge in [-0.3, -0.25) is 0 Å². The van der Waals surface area contributed by atoms with Crippen LogP contribution in [-0.4, -0.2) is 0 Å². The van der Waals surface area contributed by atoms with Gasteiger partial charge in [-0.2, -0.15) is 0 Å². The van der Waals surface area contributed by atoms with Gasteiger partial charge in [-0.1, -0.05) is 20.8 Å². The minimum Gasteiger partial charge on any atom is -0.0625 e. The van der Waals surface area contributed by atoms with E-state index >= 15 is 0 Å². The zero-order chi connectivity index (χ0) is 9.47. The van der Waals surface area contributed by atoms with Gasteiger partial charge in [-0.15, -0.1) is 0 Å². The molecule has 0 unspecified atom stereocenters. The largest absolute Gasteiger partial charge is 0.0625 e. The molecule has 0 aromatic carbocycles. The molecule has 0 spiro atoms. The molecule has 13 heavy (non-hydrogen) atoms. The number of rotatable bonds is 2. The molecule has 0 heteroatoms. The van der Waals surface area contributed by atoms with E-state index in [0.717, 1.165) is 23.2 Å². The Kier molecular flexibility index (Phi) is 2.42. The van der Waals surface area contributed by atoms with Crippen LogP contribution in [-0.2, 0) is 0 Å². The molecule has 2 saturated carbocycles. The fourth-order valence-electron chi connectivity index (χ4n) is 3.09. The van der Waals surface area contributed by atoms with Crippen LogP contribution in [0.5, 0.6) is 0 Å². The molecular formula is C13H24. The highest BCUT2D eigenvalue weighted by Gasteiger charge is 2.45. The van der Waals surface area contributed by atoms with E-state index in [4.69, 9.17) is 0 Å². The summed E-state index contributed by atoms with van der Waals surface area (Å²) in [7, 11) is 0. The summed E-state index contributed by atoms with van der Waals surface area (Å²) in [6.07, 6.45) is 9.11. The second-order valence-electron chi connectivity index (χ2n) is 6.01. The normalized spacial score (nSPS) is 37.8. The van der Waals surface area contributed by atoms with Gasteiger partial charge in [0.15, 0.2) is 0 Å². The Balaban J connectivity index is 1.82. The summed E-state index contributed by atoms with van der Waals surface area (Å²) in [4.78, 5) is 0. The first kappa shape index (κ1) is 9.55. The lowest BCUT2D eigenvalue weighted by molar-refractivity contribution is 0.171.